The summed E-state index contributed by atoms with van der Waals surface area (Å²) in [6.45, 7) is 2.15. The molecule has 0 radical (unpaired) electrons. The lowest BCUT2D eigenvalue weighted by Gasteiger charge is -2.29. The normalized spacial score (nSPS) is 22.2. The third-order valence-corrected chi connectivity index (χ3v) is 10.5. The molecule has 0 bridgehead atoms. The Labute approximate surface area is 224 Å². The highest BCUT2D eigenvalue weighted by molar-refractivity contribution is 7.91. The minimum absolute atomic E-state index is 0.0181. The van der Waals surface area contributed by atoms with E-state index in [1.165, 1.54) is 12.1 Å². The lowest BCUT2D eigenvalue weighted by molar-refractivity contribution is -0.211. The van der Waals surface area contributed by atoms with Crippen molar-refractivity contribution in [2.75, 3.05) is 5.75 Å². The average Bonchev–Trinajstić information content (AvgIpc) is 3.75. The van der Waals surface area contributed by atoms with Gasteiger partial charge < -0.3 is 15.6 Å². The van der Waals surface area contributed by atoms with Gasteiger partial charge in [-0.25, -0.2) is 13.4 Å². The number of aromatic nitrogens is 2. The van der Waals surface area contributed by atoms with Crippen molar-refractivity contribution in [3.8, 4) is 11.3 Å². The predicted octanol–water partition coefficient (Wildman–Crippen LogP) is 5.11. The molecule has 3 aliphatic rings. The zero-order chi connectivity index (χ0) is 27.9. The van der Waals surface area contributed by atoms with Crippen molar-refractivity contribution < 1.29 is 26.4 Å². The second-order valence-corrected chi connectivity index (χ2v) is 13.8. The van der Waals surface area contributed by atoms with Crippen molar-refractivity contribution >= 4 is 26.8 Å². The molecule has 7 nitrogen and oxygen atoms in total. The number of hydrogen-bond acceptors (Lipinski definition) is 5. The lowest BCUT2D eigenvalue weighted by atomic mass is 9.87. The second-order valence-electron chi connectivity index (χ2n) is 11.7. The minimum atomic E-state index is -4.45. The van der Waals surface area contributed by atoms with Gasteiger partial charge in [0.2, 0.25) is 0 Å². The zero-order valence-electron chi connectivity index (χ0n) is 21.8. The number of hydrogen-bond donors (Lipinski definition) is 2. The van der Waals surface area contributed by atoms with E-state index in [9.17, 15) is 26.4 Å². The number of halogens is 3. The van der Waals surface area contributed by atoms with E-state index in [0.29, 0.717) is 33.8 Å². The smallest absolute Gasteiger partial charge is 0.366 e. The topological polar surface area (TPSA) is 117 Å². The van der Waals surface area contributed by atoms with E-state index in [0.717, 1.165) is 51.5 Å². The number of alkyl halides is 3. The maximum Gasteiger partial charge on any atom is 0.395 e. The van der Waals surface area contributed by atoms with E-state index in [1.54, 1.807) is 12.1 Å². The van der Waals surface area contributed by atoms with Crippen LogP contribution in [0.2, 0.25) is 0 Å². The average molecular weight is 561 g/mol. The summed E-state index contributed by atoms with van der Waals surface area (Å²) in [6.07, 6.45) is 2.56. The SMILES string of the molecule is CC(C)(C1NC1CS(=O)(=O)c1ccc(-c2c(C(N)=O)c3cc(C4CC4)cnc3n2C2CCC2)cc1)C(F)(F)F. The Bertz CT molecular complexity index is 1570. The van der Waals surface area contributed by atoms with Gasteiger partial charge in [-0.1, -0.05) is 12.1 Å². The molecule has 2 aromatic heterocycles. The number of amides is 1. The standard InChI is InChI=1S/C28H31F3N4O3S/c1-27(2,28(29,30)31)24-21(34-24)14-39(37,38)19-10-8-16(9-11-19)23-22(25(32)36)20-12-17(15-6-7-15)13-33-26(20)35(23)18-4-3-5-18/h8-13,15,18,21,24,34H,3-7,14H2,1-2H3,(H2,32,36). The Balaban J connectivity index is 1.34. The first-order valence-corrected chi connectivity index (χ1v) is 14.9. The minimum Gasteiger partial charge on any atom is -0.366 e. The van der Waals surface area contributed by atoms with Gasteiger partial charge in [-0.2, -0.15) is 13.2 Å². The van der Waals surface area contributed by atoms with Gasteiger partial charge in [0.25, 0.3) is 5.91 Å². The van der Waals surface area contributed by atoms with Gasteiger partial charge in [-0.3, -0.25) is 4.79 Å². The molecule has 3 heterocycles. The van der Waals surface area contributed by atoms with Crippen LogP contribution in [0.4, 0.5) is 13.2 Å². The van der Waals surface area contributed by atoms with E-state index in [1.807, 2.05) is 12.3 Å². The molecule has 2 unspecified atom stereocenters. The number of benzene rings is 1. The summed E-state index contributed by atoms with van der Waals surface area (Å²) in [4.78, 5) is 17.5. The molecule has 1 amide bonds. The first-order chi connectivity index (χ1) is 18.3. The predicted molar refractivity (Wildman–Crippen MR) is 141 cm³/mol. The van der Waals surface area contributed by atoms with Gasteiger partial charge in [0.15, 0.2) is 9.84 Å². The van der Waals surface area contributed by atoms with Crippen LogP contribution in [-0.4, -0.2) is 47.9 Å². The number of pyridine rings is 1. The van der Waals surface area contributed by atoms with Crippen LogP contribution >= 0.6 is 0 Å². The van der Waals surface area contributed by atoms with Crippen molar-refractivity contribution in [1.82, 2.24) is 14.9 Å². The second kappa shape index (κ2) is 8.79. The number of carbonyl (C=O) groups is 1. The Morgan fingerprint density at radius 3 is 2.33 bits per heavy atom. The van der Waals surface area contributed by atoms with E-state index in [-0.39, 0.29) is 10.9 Å². The molecule has 0 spiro atoms. The number of fused-ring (bicyclic) bond motifs is 1. The monoisotopic (exact) mass is 560 g/mol. The number of rotatable bonds is 8. The maximum atomic E-state index is 13.4. The van der Waals surface area contributed by atoms with Gasteiger partial charge in [0, 0.05) is 29.7 Å². The lowest BCUT2D eigenvalue weighted by Crippen LogP contribution is -2.39. The Kier molecular flexibility index (Phi) is 5.93. The third kappa shape index (κ3) is 4.43. The highest BCUT2D eigenvalue weighted by Crippen LogP contribution is 2.47. The fourth-order valence-corrected chi connectivity index (χ4v) is 7.24. The Morgan fingerprint density at radius 2 is 1.79 bits per heavy atom. The summed E-state index contributed by atoms with van der Waals surface area (Å²) in [5.74, 6) is -0.554. The number of primary amides is 1. The Morgan fingerprint density at radius 1 is 1.13 bits per heavy atom. The summed E-state index contributed by atoms with van der Waals surface area (Å²) >= 11 is 0. The van der Waals surface area contributed by atoms with Gasteiger partial charge in [0.1, 0.15) is 5.65 Å². The summed E-state index contributed by atoms with van der Waals surface area (Å²) in [6, 6.07) is 6.62. The molecule has 39 heavy (non-hydrogen) atoms. The molecule has 1 aromatic carbocycles. The van der Waals surface area contributed by atoms with Gasteiger partial charge in [-0.05, 0) is 81.2 Å². The summed E-state index contributed by atoms with van der Waals surface area (Å²) in [7, 11) is -3.85. The van der Waals surface area contributed by atoms with Crippen molar-refractivity contribution in [3.63, 3.8) is 0 Å². The van der Waals surface area contributed by atoms with Gasteiger partial charge >= 0.3 is 6.18 Å². The molecule has 3 aromatic rings. The zero-order valence-corrected chi connectivity index (χ0v) is 22.6. The Hall–Kier alpha value is -2.92. The van der Waals surface area contributed by atoms with Crippen molar-refractivity contribution in [3.05, 3.63) is 47.7 Å². The summed E-state index contributed by atoms with van der Waals surface area (Å²) < 4.78 is 68.4. The van der Waals surface area contributed by atoms with Crippen LogP contribution in [0.3, 0.4) is 0 Å². The maximum absolute atomic E-state index is 13.4. The third-order valence-electron chi connectivity index (χ3n) is 8.68. The van der Waals surface area contributed by atoms with Gasteiger partial charge in [0.05, 0.1) is 27.3 Å². The van der Waals surface area contributed by atoms with Crippen molar-refractivity contribution in [2.45, 2.75) is 81.1 Å². The first kappa shape index (κ1) is 26.3. The van der Waals surface area contributed by atoms with Crippen LogP contribution < -0.4 is 11.1 Å². The van der Waals surface area contributed by atoms with Crippen LogP contribution in [-0.2, 0) is 9.84 Å². The van der Waals surface area contributed by atoms with Crippen molar-refractivity contribution in [1.29, 1.82) is 0 Å². The quantitative estimate of drug-likeness (QED) is 0.372. The van der Waals surface area contributed by atoms with Crippen LogP contribution in [0.1, 0.15) is 73.8 Å². The van der Waals surface area contributed by atoms with E-state index in [2.05, 4.69) is 9.88 Å². The molecule has 2 atom stereocenters. The fraction of sp³-hybridized carbons (Fsp3) is 0.500. The molecule has 208 valence electrons. The number of nitrogens with two attached hydrogens (primary N) is 1. The molecule has 1 saturated heterocycles. The van der Waals surface area contributed by atoms with Crippen LogP contribution in [0.5, 0.6) is 0 Å². The highest BCUT2D eigenvalue weighted by atomic mass is 32.2. The molecule has 3 N–H and O–H groups in total. The van der Waals surface area contributed by atoms with E-state index in [4.69, 9.17) is 10.7 Å². The molecule has 2 aliphatic carbocycles. The number of sulfone groups is 1. The van der Waals surface area contributed by atoms with Crippen LogP contribution in [0.15, 0.2) is 41.4 Å². The number of nitrogens with zero attached hydrogens (tertiary/aromatic N) is 2. The highest BCUT2D eigenvalue weighted by Gasteiger charge is 2.61. The summed E-state index contributed by atoms with van der Waals surface area (Å²) in [5.41, 5.74) is 7.30. The number of nitrogens with one attached hydrogen (secondary N) is 1. The first-order valence-electron chi connectivity index (χ1n) is 13.3. The van der Waals surface area contributed by atoms with Crippen LogP contribution in [0, 0.1) is 5.41 Å². The largest absolute Gasteiger partial charge is 0.395 e. The molecule has 11 heteroatoms. The number of carbonyl (C=O) groups excluding carboxylic acids is 1. The molecule has 3 fully saturated rings. The van der Waals surface area contributed by atoms with E-state index >= 15 is 0 Å². The van der Waals surface area contributed by atoms with Crippen molar-refractivity contribution in [2.24, 2.45) is 11.1 Å². The fourth-order valence-electron chi connectivity index (χ4n) is 5.74. The van der Waals surface area contributed by atoms with Gasteiger partial charge in [-0.15, -0.1) is 0 Å². The van der Waals surface area contributed by atoms with E-state index < -0.39 is 45.2 Å². The molecule has 1 aliphatic heterocycles. The molecule has 6 rings (SSSR count). The summed E-state index contributed by atoms with van der Waals surface area (Å²) in [5, 5.41) is 3.41. The molecular weight excluding hydrogens is 529 g/mol. The van der Waals surface area contributed by atoms with Crippen LogP contribution in [0.25, 0.3) is 22.3 Å². The molecule has 2 saturated carbocycles. The molecular formula is C28H31F3N4O3S.